The van der Waals surface area contributed by atoms with Gasteiger partial charge >= 0.3 is 0 Å². The maximum atomic E-state index is 11.9. The monoisotopic (exact) mass is 356 g/mol. The van der Waals surface area contributed by atoms with E-state index in [9.17, 15) is 4.79 Å². The molecule has 3 rings (SSSR count). The molecular formula is C19H24N4OS. The fraction of sp³-hybridized carbons (Fsp3) is 0.368. The van der Waals surface area contributed by atoms with Crippen molar-refractivity contribution in [1.82, 2.24) is 15.2 Å². The van der Waals surface area contributed by atoms with E-state index in [4.69, 9.17) is 0 Å². The predicted molar refractivity (Wildman–Crippen MR) is 103 cm³/mol. The molecule has 2 aromatic rings. The molecule has 1 aromatic carbocycles. The van der Waals surface area contributed by atoms with Crippen molar-refractivity contribution in [3.63, 3.8) is 0 Å². The quantitative estimate of drug-likeness (QED) is 0.809. The van der Waals surface area contributed by atoms with Gasteiger partial charge in [0.05, 0.1) is 6.54 Å². The number of carbonyl (C=O) groups excluding carboxylic acids is 1. The minimum atomic E-state index is -0.133. The van der Waals surface area contributed by atoms with Crippen molar-refractivity contribution in [2.45, 2.75) is 13.5 Å². The number of aryl methyl sites for hydroxylation is 1. The van der Waals surface area contributed by atoms with Crippen LogP contribution in [0.1, 0.15) is 21.1 Å². The molecule has 1 fully saturated rings. The Hall–Kier alpha value is -2.18. The first-order valence-electron chi connectivity index (χ1n) is 8.53. The van der Waals surface area contributed by atoms with Gasteiger partial charge in [-0.2, -0.15) is 0 Å². The molecule has 2 heterocycles. The van der Waals surface area contributed by atoms with Crippen molar-refractivity contribution in [2.24, 2.45) is 0 Å². The molecule has 1 aliphatic rings. The molecule has 132 valence electrons. The van der Waals surface area contributed by atoms with E-state index in [0.29, 0.717) is 12.2 Å². The largest absolute Gasteiger partial charge is 0.369 e. The lowest BCUT2D eigenvalue weighted by Gasteiger charge is -2.35. The van der Waals surface area contributed by atoms with Gasteiger partial charge in [-0.05, 0) is 19.1 Å². The van der Waals surface area contributed by atoms with E-state index in [1.807, 2.05) is 5.38 Å². The van der Waals surface area contributed by atoms with Crippen LogP contribution in [0.25, 0.3) is 0 Å². The first-order chi connectivity index (χ1) is 12.2. The Morgan fingerprint density at radius 2 is 2.00 bits per heavy atom. The molecule has 1 N–H and O–H groups in total. The Morgan fingerprint density at radius 1 is 1.28 bits per heavy atom. The highest BCUT2D eigenvalue weighted by Crippen LogP contribution is 2.19. The lowest BCUT2D eigenvalue weighted by atomic mass is 10.2. The molecule has 1 aliphatic heterocycles. The van der Waals surface area contributed by atoms with Gasteiger partial charge in [-0.15, -0.1) is 17.9 Å². The second-order valence-corrected chi connectivity index (χ2v) is 7.17. The third kappa shape index (κ3) is 4.67. The molecule has 1 amide bonds. The Bertz CT molecular complexity index is 717. The highest BCUT2D eigenvalue weighted by molar-refractivity contribution is 7.09. The summed E-state index contributed by atoms with van der Waals surface area (Å²) < 4.78 is 0. The van der Waals surface area contributed by atoms with E-state index in [-0.39, 0.29) is 5.91 Å². The van der Waals surface area contributed by atoms with Crippen LogP contribution in [-0.4, -0.2) is 48.5 Å². The van der Waals surface area contributed by atoms with Crippen LogP contribution >= 0.6 is 11.3 Å². The van der Waals surface area contributed by atoms with E-state index < -0.39 is 0 Å². The number of carbonyl (C=O) groups is 1. The number of thiazole rings is 1. The molecule has 0 spiro atoms. The first-order valence-corrected chi connectivity index (χ1v) is 9.41. The molecule has 1 saturated heterocycles. The fourth-order valence-electron chi connectivity index (χ4n) is 2.85. The van der Waals surface area contributed by atoms with Gasteiger partial charge in [0.25, 0.3) is 5.91 Å². The number of benzene rings is 1. The van der Waals surface area contributed by atoms with Gasteiger partial charge in [-0.3, -0.25) is 9.69 Å². The van der Waals surface area contributed by atoms with Crippen molar-refractivity contribution in [1.29, 1.82) is 0 Å². The summed E-state index contributed by atoms with van der Waals surface area (Å²) in [4.78, 5) is 21.2. The summed E-state index contributed by atoms with van der Waals surface area (Å²) >= 11 is 1.55. The Kier molecular flexibility index (Phi) is 5.83. The van der Waals surface area contributed by atoms with Crippen molar-refractivity contribution >= 4 is 22.9 Å². The average molecular weight is 356 g/mol. The Balaban J connectivity index is 1.50. The van der Waals surface area contributed by atoms with E-state index in [2.05, 4.69) is 57.9 Å². The van der Waals surface area contributed by atoms with E-state index in [0.717, 1.165) is 37.7 Å². The molecule has 5 nitrogen and oxygen atoms in total. The Labute approximate surface area is 153 Å². The van der Waals surface area contributed by atoms with Crippen LogP contribution in [0.4, 0.5) is 5.69 Å². The molecular weight excluding hydrogens is 332 g/mol. The standard InChI is InChI=1S/C19H24N4OS/c1-3-8-20-19(24)17-14-25-18(21-17)13-22-9-11-23(12-10-22)16-6-4-15(2)5-7-16/h3-7,14H,1,8-13H2,2H3,(H,20,24). The van der Waals surface area contributed by atoms with E-state index in [1.165, 1.54) is 11.3 Å². The van der Waals surface area contributed by atoms with Crippen LogP contribution in [0.5, 0.6) is 0 Å². The molecule has 0 radical (unpaired) electrons. The number of anilines is 1. The number of hydrogen-bond donors (Lipinski definition) is 1. The number of aromatic nitrogens is 1. The lowest BCUT2D eigenvalue weighted by molar-refractivity contribution is 0.0953. The van der Waals surface area contributed by atoms with Crippen LogP contribution in [0.2, 0.25) is 0 Å². The number of nitrogens with one attached hydrogen (secondary N) is 1. The van der Waals surface area contributed by atoms with Gasteiger partial charge in [0.15, 0.2) is 0 Å². The molecule has 1 aromatic heterocycles. The maximum absolute atomic E-state index is 11.9. The summed E-state index contributed by atoms with van der Waals surface area (Å²) in [5.74, 6) is -0.133. The third-order valence-corrected chi connectivity index (χ3v) is 5.16. The van der Waals surface area contributed by atoms with Gasteiger partial charge in [-0.1, -0.05) is 23.8 Å². The SMILES string of the molecule is C=CCNC(=O)c1csc(CN2CCN(c3ccc(C)cc3)CC2)n1. The maximum Gasteiger partial charge on any atom is 0.271 e. The second-order valence-electron chi connectivity index (χ2n) is 6.22. The van der Waals surface area contributed by atoms with Crippen LogP contribution < -0.4 is 10.2 Å². The summed E-state index contributed by atoms with van der Waals surface area (Å²) in [6.45, 7) is 11.0. The van der Waals surface area contributed by atoms with Gasteiger partial charge in [-0.25, -0.2) is 4.98 Å². The molecule has 0 atom stereocenters. The van der Waals surface area contributed by atoms with Crippen LogP contribution in [0.3, 0.4) is 0 Å². The number of hydrogen-bond acceptors (Lipinski definition) is 5. The topological polar surface area (TPSA) is 48.5 Å². The second kappa shape index (κ2) is 8.27. The number of piperazine rings is 1. The van der Waals surface area contributed by atoms with Gasteiger partial charge < -0.3 is 10.2 Å². The summed E-state index contributed by atoms with van der Waals surface area (Å²) in [7, 11) is 0. The van der Waals surface area contributed by atoms with Gasteiger partial charge in [0.2, 0.25) is 0 Å². The van der Waals surface area contributed by atoms with Crippen LogP contribution in [0.15, 0.2) is 42.3 Å². The Morgan fingerprint density at radius 3 is 2.68 bits per heavy atom. The minimum Gasteiger partial charge on any atom is -0.369 e. The number of rotatable bonds is 6. The highest BCUT2D eigenvalue weighted by Gasteiger charge is 2.19. The summed E-state index contributed by atoms with van der Waals surface area (Å²) in [5.41, 5.74) is 3.08. The fourth-order valence-corrected chi connectivity index (χ4v) is 3.67. The molecule has 25 heavy (non-hydrogen) atoms. The molecule has 0 bridgehead atoms. The third-order valence-electron chi connectivity index (χ3n) is 4.32. The van der Waals surface area contributed by atoms with Crippen molar-refractivity contribution in [2.75, 3.05) is 37.6 Å². The van der Waals surface area contributed by atoms with Gasteiger partial charge in [0, 0.05) is 43.8 Å². The van der Waals surface area contributed by atoms with E-state index in [1.54, 1.807) is 17.4 Å². The number of amides is 1. The zero-order valence-electron chi connectivity index (χ0n) is 14.6. The molecule has 0 unspecified atom stereocenters. The number of nitrogens with zero attached hydrogens (tertiary/aromatic N) is 3. The van der Waals surface area contributed by atoms with Crippen LogP contribution in [-0.2, 0) is 6.54 Å². The summed E-state index contributed by atoms with van der Waals surface area (Å²) in [6.07, 6.45) is 1.67. The van der Waals surface area contributed by atoms with Crippen molar-refractivity contribution < 1.29 is 4.79 Å². The zero-order valence-corrected chi connectivity index (χ0v) is 15.4. The van der Waals surface area contributed by atoms with E-state index >= 15 is 0 Å². The summed E-state index contributed by atoms with van der Waals surface area (Å²) in [5, 5.41) is 5.58. The summed E-state index contributed by atoms with van der Waals surface area (Å²) in [6, 6.07) is 8.71. The zero-order chi connectivity index (χ0) is 17.6. The van der Waals surface area contributed by atoms with Crippen molar-refractivity contribution in [3.05, 3.63) is 58.6 Å². The predicted octanol–water partition coefficient (Wildman–Crippen LogP) is 2.69. The van der Waals surface area contributed by atoms with Crippen LogP contribution in [0, 0.1) is 6.92 Å². The molecule has 0 aliphatic carbocycles. The normalized spacial score (nSPS) is 15.2. The lowest BCUT2D eigenvalue weighted by Crippen LogP contribution is -2.45. The molecule has 0 saturated carbocycles. The molecule has 6 heteroatoms. The minimum absolute atomic E-state index is 0.133. The average Bonchev–Trinajstić information content (AvgIpc) is 3.10. The van der Waals surface area contributed by atoms with Gasteiger partial charge in [0.1, 0.15) is 10.7 Å². The van der Waals surface area contributed by atoms with Crippen molar-refractivity contribution in [3.8, 4) is 0 Å². The smallest absolute Gasteiger partial charge is 0.271 e. The highest BCUT2D eigenvalue weighted by atomic mass is 32.1. The first kappa shape index (κ1) is 17.6.